The number of nitrogens with zero attached hydrogens (tertiary/aromatic N) is 3. The molecule has 1 unspecified atom stereocenters. The molecule has 5 nitrogen and oxygen atoms in total. The highest BCUT2D eigenvalue weighted by Gasteiger charge is 2.20. The van der Waals surface area contributed by atoms with Gasteiger partial charge in [0.25, 0.3) is 5.91 Å². The van der Waals surface area contributed by atoms with Gasteiger partial charge in [0.15, 0.2) is 0 Å². The normalized spacial score (nSPS) is 18.3. The monoisotopic (exact) mass is 290 g/mol. The van der Waals surface area contributed by atoms with Gasteiger partial charge in [-0.1, -0.05) is 0 Å². The van der Waals surface area contributed by atoms with Crippen LogP contribution in [0.4, 0.5) is 5.69 Å². The SMILES string of the molecule is CCN(CC)C(=O)c1cc(N(C)C2CCCNC2)ccn1. The van der Waals surface area contributed by atoms with E-state index in [-0.39, 0.29) is 5.91 Å². The van der Waals surface area contributed by atoms with E-state index in [1.165, 1.54) is 12.8 Å². The van der Waals surface area contributed by atoms with Crippen LogP contribution in [0.25, 0.3) is 0 Å². The van der Waals surface area contributed by atoms with Crippen LogP contribution in [-0.2, 0) is 0 Å². The van der Waals surface area contributed by atoms with Gasteiger partial charge in [-0.05, 0) is 45.4 Å². The molecule has 1 saturated heterocycles. The number of amides is 1. The fraction of sp³-hybridized carbons (Fsp3) is 0.625. The molecule has 0 saturated carbocycles. The number of hydrogen-bond donors (Lipinski definition) is 1. The Morgan fingerprint density at radius 2 is 2.19 bits per heavy atom. The van der Waals surface area contributed by atoms with Gasteiger partial charge in [-0.15, -0.1) is 0 Å². The van der Waals surface area contributed by atoms with Crippen LogP contribution in [0.1, 0.15) is 37.2 Å². The lowest BCUT2D eigenvalue weighted by molar-refractivity contribution is 0.0767. The molecule has 1 amide bonds. The van der Waals surface area contributed by atoms with Crippen molar-refractivity contribution in [2.24, 2.45) is 0 Å². The lowest BCUT2D eigenvalue weighted by atomic mass is 10.1. The maximum absolute atomic E-state index is 12.4. The van der Waals surface area contributed by atoms with E-state index in [4.69, 9.17) is 0 Å². The van der Waals surface area contributed by atoms with E-state index in [9.17, 15) is 4.79 Å². The number of hydrogen-bond acceptors (Lipinski definition) is 4. The van der Waals surface area contributed by atoms with Gasteiger partial charge in [-0.2, -0.15) is 0 Å². The quantitative estimate of drug-likeness (QED) is 0.897. The zero-order chi connectivity index (χ0) is 15.2. The van der Waals surface area contributed by atoms with E-state index in [0.717, 1.165) is 18.8 Å². The molecule has 0 radical (unpaired) electrons. The number of carbonyl (C=O) groups excluding carboxylic acids is 1. The fourth-order valence-corrected chi connectivity index (χ4v) is 2.80. The number of nitrogens with one attached hydrogen (secondary N) is 1. The Balaban J connectivity index is 2.14. The van der Waals surface area contributed by atoms with Crippen molar-refractivity contribution in [1.82, 2.24) is 15.2 Å². The molecule has 1 aromatic rings. The van der Waals surface area contributed by atoms with Gasteiger partial charge in [0.05, 0.1) is 0 Å². The molecule has 0 aromatic carbocycles. The largest absolute Gasteiger partial charge is 0.370 e. The predicted octanol–water partition coefficient (Wildman–Crippen LogP) is 1.75. The van der Waals surface area contributed by atoms with Crippen molar-refractivity contribution in [3.05, 3.63) is 24.0 Å². The van der Waals surface area contributed by atoms with Gasteiger partial charge < -0.3 is 15.1 Å². The number of likely N-dealkylation sites (N-methyl/N-ethyl adjacent to an activating group) is 1. The first-order valence-electron chi connectivity index (χ1n) is 7.86. The van der Waals surface area contributed by atoms with Crippen molar-refractivity contribution in [3.8, 4) is 0 Å². The third kappa shape index (κ3) is 3.73. The van der Waals surface area contributed by atoms with E-state index in [1.807, 2.05) is 26.0 Å². The third-order valence-electron chi connectivity index (χ3n) is 4.24. The van der Waals surface area contributed by atoms with E-state index < -0.39 is 0 Å². The summed E-state index contributed by atoms with van der Waals surface area (Å²) in [6, 6.07) is 4.38. The summed E-state index contributed by atoms with van der Waals surface area (Å²) in [5, 5.41) is 3.43. The topological polar surface area (TPSA) is 48.5 Å². The van der Waals surface area contributed by atoms with E-state index in [0.29, 0.717) is 24.8 Å². The first kappa shape index (κ1) is 15.8. The minimum Gasteiger partial charge on any atom is -0.370 e. The lowest BCUT2D eigenvalue weighted by Gasteiger charge is -2.33. The highest BCUT2D eigenvalue weighted by molar-refractivity contribution is 5.93. The van der Waals surface area contributed by atoms with E-state index in [2.05, 4.69) is 22.2 Å². The van der Waals surface area contributed by atoms with Crippen molar-refractivity contribution in [1.29, 1.82) is 0 Å². The van der Waals surface area contributed by atoms with Gasteiger partial charge in [0.1, 0.15) is 5.69 Å². The zero-order valence-corrected chi connectivity index (χ0v) is 13.3. The highest BCUT2D eigenvalue weighted by Crippen LogP contribution is 2.19. The van der Waals surface area contributed by atoms with Crippen LogP contribution < -0.4 is 10.2 Å². The molecule has 0 bridgehead atoms. The molecule has 1 atom stereocenters. The molecule has 2 heterocycles. The minimum absolute atomic E-state index is 0.0111. The van der Waals surface area contributed by atoms with Crippen LogP contribution in [0, 0.1) is 0 Å². The van der Waals surface area contributed by atoms with Crippen molar-refractivity contribution in [3.63, 3.8) is 0 Å². The Kier molecular flexibility index (Phi) is 5.56. The standard InChI is InChI=1S/C16H26N4O/c1-4-20(5-2)16(21)15-11-13(8-10-18-15)19(3)14-7-6-9-17-12-14/h8,10-11,14,17H,4-7,9,12H2,1-3H3. The summed E-state index contributed by atoms with van der Waals surface area (Å²) >= 11 is 0. The molecule has 21 heavy (non-hydrogen) atoms. The predicted molar refractivity (Wildman–Crippen MR) is 85.8 cm³/mol. The van der Waals surface area contributed by atoms with Crippen molar-refractivity contribution in [2.75, 3.05) is 38.1 Å². The van der Waals surface area contributed by atoms with Crippen molar-refractivity contribution >= 4 is 11.6 Å². The summed E-state index contributed by atoms with van der Waals surface area (Å²) in [7, 11) is 2.10. The van der Waals surface area contributed by atoms with E-state index in [1.54, 1.807) is 11.1 Å². The second kappa shape index (κ2) is 7.41. The summed E-state index contributed by atoms with van der Waals surface area (Å²) < 4.78 is 0. The summed E-state index contributed by atoms with van der Waals surface area (Å²) in [5.41, 5.74) is 1.60. The Labute approximate surface area is 127 Å². The average Bonchev–Trinajstić information content (AvgIpc) is 2.56. The Hall–Kier alpha value is -1.62. The Morgan fingerprint density at radius 1 is 1.43 bits per heavy atom. The molecule has 1 fully saturated rings. The molecule has 116 valence electrons. The van der Waals surface area contributed by atoms with Crippen LogP contribution in [0.15, 0.2) is 18.3 Å². The summed E-state index contributed by atoms with van der Waals surface area (Å²) in [6.45, 7) is 7.51. The molecule has 0 spiro atoms. The van der Waals surface area contributed by atoms with Gasteiger partial charge in [0.2, 0.25) is 0 Å². The number of pyridine rings is 1. The minimum atomic E-state index is 0.0111. The number of carbonyl (C=O) groups is 1. The molecule has 1 N–H and O–H groups in total. The van der Waals surface area contributed by atoms with Gasteiger partial charge in [0, 0.05) is 44.6 Å². The molecule has 1 aromatic heterocycles. The van der Waals surface area contributed by atoms with Crippen LogP contribution >= 0.6 is 0 Å². The van der Waals surface area contributed by atoms with Gasteiger partial charge in [-0.3, -0.25) is 9.78 Å². The maximum Gasteiger partial charge on any atom is 0.272 e. The second-order valence-electron chi connectivity index (χ2n) is 5.49. The van der Waals surface area contributed by atoms with E-state index >= 15 is 0 Å². The van der Waals surface area contributed by atoms with Gasteiger partial charge in [-0.25, -0.2) is 0 Å². The summed E-state index contributed by atoms with van der Waals surface area (Å²) in [5.74, 6) is 0.0111. The molecular formula is C16H26N4O. The van der Waals surface area contributed by atoms with Crippen LogP contribution in [0.2, 0.25) is 0 Å². The summed E-state index contributed by atoms with van der Waals surface area (Å²) in [6.07, 6.45) is 4.12. The second-order valence-corrected chi connectivity index (χ2v) is 5.49. The number of anilines is 1. The molecule has 5 heteroatoms. The van der Waals surface area contributed by atoms with Crippen LogP contribution in [-0.4, -0.2) is 55.1 Å². The average molecular weight is 290 g/mol. The van der Waals surface area contributed by atoms with Crippen molar-refractivity contribution < 1.29 is 4.79 Å². The smallest absolute Gasteiger partial charge is 0.272 e. The molecule has 0 aliphatic carbocycles. The molecule has 2 rings (SSSR count). The molecule has 1 aliphatic rings. The Bertz CT molecular complexity index is 467. The lowest BCUT2D eigenvalue weighted by Crippen LogP contribution is -2.44. The molecular weight excluding hydrogens is 264 g/mol. The third-order valence-corrected chi connectivity index (χ3v) is 4.24. The van der Waals surface area contributed by atoms with Crippen LogP contribution in [0.3, 0.4) is 0 Å². The zero-order valence-electron chi connectivity index (χ0n) is 13.3. The first-order chi connectivity index (χ1) is 10.2. The highest BCUT2D eigenvalue weighted by atomic mass is 16.2. The maximum atomic E-state index is 12.4. The van der Waals surface area contributed by atoms with Crippen LogP contribution in [0.5, 0.6) is 0 Å². The number of piperidine rings is 1. The number of rotatable bonds is 5. The van der Waals surface area contributed by atoms with Gasteiger partial charge >= 0.3 is 0 Å². The molecule has 1 aliphatic heterocycles. The van der Waals surface area contributed by atoms with Crippen molar-refractivity contribution in [2.45, 2.75) is 32.7 Å². The first-order valence-corrected chi connectivity index (χ1v) is 7.86. The number of aromatic nitrogens is 1. The summed E-state index contributed by atoms with van der Waals surface area (Å²) in [4.78, 5) is 20.7. The Morgan fingerprint density at radius 3 is 2.81 bits per heavy atom. The fourth-order valence-electron chi connectivity index (χ4n) is 2.80.